The van der Waals surface area contributed by atoms with Crippen LogP contribution in [0.5, 0.6) is 0 Å². The van der Waals surface area contributed by atoms with Gasteiger partial charge in [0, 0.05) is 12.2 Å². The average molecular weight is 295 g/mol. The maximum Gasteiger partial charge on any atom is 0.137 e. The van der Waals surface area contributed by atoms with E-state index in [9.17, 15) is 4.39 Å². The van der Waals surface area contributed by atoms with Gasteiger partial charge in [0.15, 0.2) is 0 Å². The lowest BCUT2D eigenvalue weighted by atomic mass is 10.2. The molecular formula is C13H12BrFN2. The third-order valence-corrected chi connectivity index (χ3v) is 2.99. The number of nitrogens with one attached hydrogen (secondary N) is 1. The molecule has 2 rings (SSSR count). The zero-order valence-corrected chi connectivity index (χ0v) is 11.0. The van der Waals surface area contributed by atoms with E-state index in [1.54, 1.807) is 6.07 Å². The number of nitrogens with zero attached hydrogens (tertiary/aromatic N) is 1. The van der Waals surface area contributed by atoms with Gasteiger partial charge in [0.2, 0.25) is 0 Å². The van der Waals surface area contributed by atoms with Crippen LogP contribution in [0, 0.1) is 12.7 Å². The fraction of sp³-hybridized carbons (Fsp3) is 0.154. The van der Waals surface area contributed by atoms with Crippen molar-refractivity contribution >= 4 is 21.7 Å². The molecule has 0 spiro atoms. The largest absolute Gasteiger partial charge is 0.366 e. The van der Waals surface area contributed by atoms with Crippen molar-refractivity contribution in [3.8, 4) is 0 Å². The lowest BCUT2D eigenvalue weighted by Gasteiger charge is -2.06. The van der Waals surface area contributed by atoms with E-state index in [0.29, 0.717) is 11.0 Å². The molecule has 0 bridgehead atoms. The number of halogens is 2. The van der Waals surface area contributed by atoms with Crippen molar-refractivity contribution in [2.24, 2.45) is 0 Å². The van der Waals surface area contributed by atoms with Crippen molar-refractivity contribution in [1.82, 2.24) is 4.98 Å². The Kier molecular flexibility index (Phi) is 3.74. The minimum atomic E-state index is -0.249. The van der Waals surface area contributed by atoms with Crippen molar-refractivity contribution in [1.29, 1.82) is 0 Å². The lowest BCUT2D eigenvalue weighted by Crippen LogP contribution is -2.02. The SMILES string of the molecule is Cc1cccc(NCc2ccc(Br)c(F)c2)n1. The van der Waals surface area contributed by atoms with E-state index in [0.717, 1.165) is 17.1 Å². The van der Waals surface area contributed by atoms with Crippen LogP contribution in [-0.4, -0.2) is 4.98 Å². The molecule has 0 amide bonds. The minimum absolute atomic E-state index is 0.249. The molecule has 1 aromatic carbocycles. The number of hydrogen-bond acceptors (Lipinski definition) is 2. The molecule has 0 saturated heterocycles. The van der Waals surface area contributed by atoms with Crippen molar-refractivity contribution in [3.63, 3.8) is 0 Å². The molecule has 0 aliphatic rings. The van der Waals surface area contributed by atoms with Gasteiger partial charge in [-0.05, 0) is 52.7 Å². The summed E-state index contributed by atoms with van der Waals surface area (Å²) >= 11 is 3.13. The molecule has 88 valence electrons. The highest BCUT2D eigenvalue weighted by molar-refractivity contribution is 9.10. The Bertz CT molecular complexity index is 529. The molecule has 0 fully saturated rings. The van der Waals surface area contributed by atoms with Crippen molar-refractivity contribution in [2.75, 3.05) is 5.32 Å². The van der Waals surface area contributed by atoms with E-state index in [-0.39, 0.29) is 5.82 Å². The van der Waals surface area contributed by atoms with Crippen LogP contribution in [0.15, 0.2) is 40.9 Å². The number of aromatic nitrogens is 1. The predicted molar refractivity (Wildman–Crippen MR) is 70.4 cm³/mol. The fourth-order valence-electron chi connectivity index (χ4n) is 1.48. The van der Waals surface area contributed by atoms with Crippen LogP contribution in [-0.2, 0) is 6.54 Å². The highest BCUT2D eigenvalue weighted by Crippen LogP contribution is 2.17. The Morgan fingerprint density at radius 2 is 2.12 bits per heavy atom. The van der Waals surface area contributed by atoms with Crippen molar-refractivity contribution < 1.29 is 4.39 Å². The third-order valence-electron chi connectivity index (χ3n) is 2.35. The maximum atomic E-state index is 13.3. The van der Waals surface area contributed by atoms with Gasteiger partial charge in [-0.1, -0.05) is 12.1 Å². The van der Waals surface area contributed by atoms with E-state index < -0.39 is 0 Å². The molecular weight excluding hydrogens is 283 g/mol. The average Bonchev–Trinajstić information content (AvgIpc) is 2.31. The second-order valence-electron chi connectivity index (χ2n) is 3.77. The van der Waals surface area contributed by atoms with Gasteiger partial charge in [-0.15, -0.1) is 0 Å². The first-order valence-corrected chi connectivity index (χ1v) is 6.06. The molecule has 2 aromatic rings. The van der Waals surface area contributed by atoms with Crippen LogP contribution in [0.25, 0.3) is 0 Å². The van der Waals surface area contributed by atoms with Crippen molar-refractivity contribution in [3.05, 3.63) is 57.9 Å². The van der Waals surface area contributed by atoms with Gasteiger partial charge < -0.3 is 5.32 Å². The Labute approximate surface area is 108 Å². The third kappa shape index (κ3) is 3.27. The minimum Gasteiger partial charge on any atom is -0.366 e. The summed E-state index contributed by atoms with van der Waals surface area (Å²) in [5, 5.41) is 3.16. The van der Waals surface area contributed by atoms with Gasteiger partial charge >= 0.3 is 0 Å². The first-order chi connectivity index (χ1) is 8.15. The molecule has 0 radical (unpaired) electrons. The molecule has 0 aliphatic heterocycles. The number of pyridine rings is 1. The molecule has 0 atom stereocenters. The van der Waals surface area contributed by atoms with Gasteiger partial charge in [-0.25, -0.2) is 9.37 Å². The summed E-state index contributed by atoms with van der Waals surface area (Å²) in [5.74, 6) is 0.551. The molecule has 1 N–H and O–H groups in total. The molecule has 17 heavy (non-hydrogen) atoms. The van der Waals surface area contributed by atoms with Gasteiger partial charge in [0.25, 0.3) is 0 Å². The van der Waals surface area contributed by atoms with Crippen LogP contribution in [0.4, 0.5) is 10.2 Å². The smallest absolute Gasteiger partial charge is 0.137 e. The standard InChI is InChI=1S/C13H12BrFN2/c1-9-3-2-4-13(17-9)16-8-10-5-6-11(14)12(15)7-10/h2-7H,8H2,1H3,(H,16,17). The summed E-state index contributed by atoms with van der Waals surface area (Å²) in [6.45, 7) is 2.49. The second-order valence-corrected chi connectivity index (χ2v) is 4.62. The van der Waals surface area contributed by atoms with Gasteiger partial charge in [0.1, 0.15) is 11.6 Å². The molecule has 2 nitrogen and oxygen atoms in total. The predicted octanol–water partition coefficient (Wildman–Crippen LogP) is 3.90. The van der Waals surface area contributed by atoms with Crippen LogP contribution < -0.4 is 5.32 Å². The quantitative estimate of drug-likeness (QED) is 0.928. The lowest BCUT2D eigenvalue weighted by molar-refractivity contribution is 0.619. The molecule has 1 heterocycles. The van der Waals surface area contributed by atoms with Crippen molar-refractivity contribution in [2.45, 2.75) is 13.5 Å². The summed E-state index contributed by atoms with van der Waals surface area (Å²) in [6, 6.07) is 10.8. The monoisotopic (exact) mass is 294 g/mol. The van der Waals surface area contributed by atoms with Gasteiger partial charge in [-0.3, -0.25) is 0 Å². The first-order valence-electron chi connectivity index (χ1n) is 5.26. The van der Waals surface area contributed by atoms with E-state index >= 15 is 0 Å². The highest BCUT2D eigenvalue weighted by Gasteiger charge is 2.01. The fourth-order valence-corrected chi connectivity index (χ4v) is 1.73. The molecule has 1 aromatic heterocycles. The van der Waals surface area contributed by atoms with Crippen LogP contribution in [0.1, 0.15) is 11.3 Å². The van der Waals surface area contributed by atoms with Gasteiger partial charge in [-0.2, -0.15) is 0 Å². The van der Waals surface area contributed by atoms with Crippen LogP contribution in [0.2, 0.25) is 0 Å². The summed E-state index contributed by atoms with van der Waals surface area (Å²) in [5.41, 5.74) is 1.84. The Hall–Kier alpha value is -1.42. The normalized spacial score (nSPS) is 10.3. The Morgan fingerprint density at radius 1 is 1.29 bits per heavy atom. The number of benzene rings is 1. The van der Waals surface area contributed by atoms with Crippen LogP contribution in [0.3, 0.4) is 0 Å². The van der Waals surface area contributed by atoms with E-state index in [1.165, 1.54) is 6.07 Å². The summed E-state index contributed by atoms with van der Waals surface area (Å²) < 4.78 is 13.8. The highest BCUT2D eigenvalue weighted by atomic mass is 79.9. The van der Waals surface area contributed by atoms with E-state index in [2.05, 4.69) is 26.2 Å². The molecule has 0 saturated carbocycles. The number of hydrogen-bond donors (Lipinski definition) is 1. The topological polar surface area (TPSA) is 24.9 Å². The summed E-state index contributed by atoms with van der Waals surface area (Å²) in [7, 11) is 0. The Morgan fingerprint density at radius 3 is 2.82 bits per heavy atom. The molecule has 0 aliphatic carbocycles. The first kappa shape index (κ1) is 12.0. The maximum absolute atomic E-state index is 13.3. The zero-order chi connectivity index (χ0) is 12.3. The van der Waals surface area contributed by atoms with Crippen LogP contribution >= 0.6 is 15.9 Å². The zero-order valence-electron chi connectivity index (χ0n) is 9.37. The second kappa shape index (κ2) is 5.27. The number of anilines is 1. The molecule has 4 heteroatoms. The van der Waals surface area contributed by atoms with E-state index in [1.807, 2.05) is 31.2 Å². The summed E-state index contributed by atoms with van der Waals surface area (Å²) in [6.07, 6.45) is 0. The molecule has 0 unspecified atom stereocenters. The van der Waals surface area contributed by atoms with Gasteiger partial charge in [0.05, 0.1) is 4.47 Å². The number of rotatable bonds is 3. The summed E-state index contributed by atoms with van der Waals surface area (Å²) in [4.78, 5) is 4.31. The van der Waals surface area contributed by atoms with E-state index in [4.69, 9.17) is 0 Å². The Balaban J connectivity index is 2.05. The number of aryl methyl sites for hydroxylation is 1.